The molecule has 0 N–H and O–H groups in total. The van der Waals surface area contributed by atoms with Gasteiger partial charge >= 0.3 is 5.97 Å². The van der Waals surface area contributed by atoms with Gasteiger partial charge in [-0.25, -0.2) is 4.79 Å². The van der Waals surface area contributed by atoms with Gasteiger partial charge in [-0.2, -0.15) is 0 Å². The molecule has 29 heavy (non-hydrogen) atoms. The Bertz CT molecular complexity index is 780. The molecule has 3 atom stereocenters. The molecule has 0 bridgehead atoms. The summed E-state index contributed by atoms with van der Waals surface area (Å²) in [5.74, 6) is -0.202. The number of hydrogen-bond acceptors (Lipinski definition) is 6. The number of esters is 1. The Balaban J connectivity index is 2.29. The van der Waals surface area contributed by atoms with Crippen molar-refractivity contribution in [3.63, 3.8) is 0 Å². The summed E-state index contributed by atoms with van der Waals surface area (Å²) in [6, 6.07) is 2.93. The molecule has 1 aliphatic rings. The summed E-state index contributed by atoms with van der Waals surface area (Å²) in [5.41, 5.74) is -0.710. The van der Waals surface area contributed by atoms with Crippen LogP contribution in [-0.4, -0.2) is 30.0 Å². The largest absolute Gasteiger partial charge is 0.459 e. The van der Waals surface area contributed by atoms with Gasteiger partial charge in [0.2, 0.25) is 0 Å². The summed E-state index contributed by atoms with van der Waals surface area (Å²) >= 11 is 0. The minimum absolute atomic E-state index is 0.154. The first-order valence-electron chi connectivity index (χ1n) is 9.85. The van der Waals surface area contributed by atoms with E-state index in [0.29, 0.717) is 5.92 Å². The molecule has 0 heterocycles. The molecule has 0 aromatic heterocycles. The van der Waals surface area contributed by atoms with Crippen LogP contribution in [0, 0.1) is 31.6 Å². The van der Waals surface area contributed by atoms with Crippen molar-refractivity contribution in [3.05, 3.63) is 44.0 Å². The summed E-state index contributed by atoms with van der Waals surface area (Å²) in [7, 11) is -1.66. The van der Waals surface area contributed by atoms with Gasteiger partial charge in [-0.15, -0.1) is 0 Å². The number of nitro benzene ring substituents is 2. The third kappa shape index (κ3) is 5.62. The molecule has 1 saturated carbocycles. The second kappa shape index (κ2) is 8.21. The number of nitrogens with zero attached hydrogens (tertiary/aromatic N) is 2. The minimum atomic E-state index is -1.66. The van der Waals surface area contributed by atoms with Crippen molar-refractivity contribution < 1.29 is 19.4 Å². The van der Waals surface area contributed by atoms with E-state index < -0.39 is 35.3 Å². The van der Waals surface area contributed by atoms with Crippen LogP contribution >= 0.6 is 0 Å². The minimum Gasteiger partial charge on any atom is -0.459 e. The molecule has 1 aromatic carbocycles. The lowest BCUT2D eigenvalue weighted by molar-refractivity contribution is -0.394. The van der Waals surface area contributed by atoms with E-state index in [-0.39, 0.29) is 22.6 Å². The van der Waals surface area contributed by atoms with E-state index in [1.165, 1.54) is 0 Å². The van der Waals surface area contributed by atoms with Gasteiger partial charge in [-0.1, -0.05) is 40.4 Å². The highest BCUT2D eigenvalue weighted by Crippen LogP contribution is 2.47. The first kappa shape index (κ1) is 23.0. The van der Waals surface area contributed by atoms with E-state index in [0.717, 1.165) is 37.5 Å². The van der Waals surface area contributed by atoms with Crippen LogP contribution in [0.25, 0.3) is 0 Å². The summed E-state index contributed by atoms with van der Waals surface area (Å²) < 4.78 is 5.80. The molecule has 0 unspecified atom stereocenters. The molecule has 9 heteroatoms. The number of rotatable bonds is 5. The Labute approximate surface area is 171 Å². The molecule has 8 nitrogen and oxygen atoms in total. The van der Waals surface area contributed by atoms with Crippen LogP contribution in [0.3, 0.4) is 0 Å². The first-order valence-corrected chi connectivity index (χ1v) is 13.4. The van der Waals surface area contributed by atoms with E-state index in [1.807, 2.05) is 0 Å². The van der Waals surface area contributed by atoms with Gasteiger partial charge in [0, 0.05) is 12.1 Å². The molecule has 0 spiro atoms. The van der Waals surface area contributed by atoms with Crippen LogP contribution in [-0.2, 0) is 4.74 Å². The van der Waals surface area contributed by atoms with Crippen LogP contribution in [0.5, 0.6) is 0 Å². The first-order chi connectivity index (χ1) is 13.2. The van der Waals surface area contributed by atoms with Crippen molar-refractivity contribution in [2.45, 2.75) is 71.3 Å². The number of benzene rings is 1. The van der Waals surface area contributed by atoms with Crippen LogP contribution in [0.4, 0.5) is 11.4 Å². The number of carbonyl (C=O) groups is 1. The molecule has 1 aliphatic carbocycles. The van der Waals surface area contributed by atoms with E-state index in [9.17, 15) is 25.0 Å². The fourth-order valence-electron chi connectivity index (χ4n) is 4.11. The predicted octanol–water partition coefficient (Wildman–Crippen LogP) is 5.58. The van der Waals surface area contributed by atoms with E-state index >= 15 is 0 Å². The van der Waals surface area contributed by atoms with Gasteiger partial charge in [0.25, 0.3) is 11.4 Å². The summed E-state index contributed by atoms with van der Waals surface area (Å²) in [6.45, 7) is 13.4. The van der Waals surface area contributed by atoms with Crippen LogP contribution in [0.15, 0.2) is 18.2 Å². The fraction of sp³-hybridized carbons (Fsp3) is 0.650. The number of ether oxygens (including phenoxy) is 1. The van der Waals surface area contributed by atoms with Gasteiger partial charge in [0.1, 0.15) is 6.10 Å². The molecule has 0 saturated heterocycles. The monoisotopic (exact) mass is 422 g/mol. The van der Waals surface area contributed by atoms with Crippen molar-refractivity contribution in [2.24, 2.45) is 11.3 Å². The topological polar surface area (TPSA) is 113 Å². The summed E-state index contributed by atoms with van der Waals surface area (Å²) in [5, 5.41) is 22.2. The van der Waals surface area contributed by atoms with Gasteiger partial charge < -0.3 is 4.74 Å². The molecular weight excluding hydrogens is 392 g/mol. The maximum atomic E-state index is 12.8. The molecule has 0 aliphatic heterocycles. The molecule has 160 valence electrons. The molecule has 1 aromatic rings. The molecule has 0 amide bonds. The fourth-order valence-corrected chi connectivity index (χ4v) is 6.45. The highest BCUT2D eigenvalue weighted by atomic mass is 28.3. The Morgan fingerprint density at radius 3 is 1.97 bits per heavy atom. The lowest BCUT2D eigenvalue weighted by Crippen LogP contribution is -2.44. The number of nitro groups is 2. The Morgan fingerprint density at radius 1 is 1.03 bits per heavy atom. The average Bonchev–Trinajstić information content (AvgIpc) is 2.59. The average molecular weight is 423 g/mol. The quantitative estimate of drug-likeness (QED) is 0.265. The zero-order valence-corrected chi connectivity index (χ0v) is 18.9. The van der Waals surface area contributed by atoms with Crippen LogP contribution in [0.1, 0.15) is 50.4 Å². The van der Waals surface area contributed by atoms with E-state index in [4.69, 9.17) is 4.74 Å². The standard InChI is InChI=1S/C20H30N2O6Si/c1-20(2,3)14-7-8-17(18(11-14)29(4,5)6)28-19(23)13-9-15(21(24)25)12-16(10-13)22(26)27/h9-10,12,14,17-18H,7-8,11H2,1-6H3/t14-,17+,18+/m0/s1. The Morgan fingerprint density at radius 2 is 1.55 bits per heavy atom. The third-order valence-corrected chi connectivity index (χ3v) is 8.77. The Hall–Kier alpha value is -2.29. The van der Waals surface area contributed by atoms with Gasteiger partial charge in [-0.05, 0) is 36.1 Å². The predicted molar refractivity (Wildman–Crippen MR) is 113 cm³/mol. The van der Waals surface area contributed by atoms with Crippen molar-refractivity contribution in [3.8, 4) is 0 Å². The highest BCUT2D eigenvalue weighted by Gasteiger charge is 2.43. The second-order valence-electron chi connectivity index (χ2n) is 10.0. The number of non-ortho nitro benzene ring substituents is 2. The SMILES string of the molecule is CC(C)(C)[C@H]1CC[C@@H](OC(=O)c2cc([N+](=O)[O-])cc([N+](=O)[O-])c2)[C@H]([Si](C)(C)C)C1. The summed E-state index contributed by atoms with van der Waals surface area (Å²) in [4.78, 5) is 33.4. The maximum Gasteiger partial charge on any atom is 0.338 e. The number of hydrogen-bond donors (Lipinski definition) is 0. The van der Waals surface area contributed by atoms with Gasteiger partial charge in [-0.3, -0.25) is 20.2 Å². The van der Waals surface area contributed by atoms with Crippen LogP contribution < -0.4 is 0 Å². The highest BCUT2D eigenvalue weighted by molar-refractivity contribution is 6.77. The van der Waals surface area contributed by atoms with Gasteiger partial charge in [0.15, 0.2) is 0 Å². The smallest absolute Gasteiger partial charge is 0.338 e. The Kier molecular flexibility index (Phi) is 6.51. The number of carbonyl (C=O) groups excluding carboxylic acids is 1. The van der Waals surface area contributed by atoms with Crippen molar-refractivity contribution in [1.29, 1.82) is 0 Å². The molecule has 0 radical (unpaired) electrons. The maximum absolute atomic E-state index is 12.8. The normalized spacial score (nSPS) is 22.8. The zero-order chi connectivity index (χ0) is 22.1. The second-order valence-corrected chi connectivity index (χ2v) is 15.5. The van der Waals surface area contributed by atoms with E-state index in [1.54, 1.807) is 0 Å². The summed E-state index contributed by atoms with van der Waals surface area (Å²) in [6.07, 6.45) is 2.38. The zero-order valence-electron chi connectivity index (χ0n) is 17.9. The van der Waals surface area contributed by atoms with Crippen molar-refractivity contribution >= 4 is 25.4 Å². The third-order valence-electron chi connectivity index (χ3n) is 5.94. The van der Waals surface area contributed by atoms with E-state index in [2.05, 4.69) is 40.4 Å². The van der Waals surface area contributed by atoms with Crippen molar-refractivity contribution in [1.82, 2.24) is 0 Å². The van der Waals surface area contributed by atoms with Crippen molar-refractivity contribution in [2.75, 3.05) is 0 Å². The lowest BCUT2D eigenvalue weighted by atomic mass is 9.71. The molecular formula is C20H30N2O6Si. The van der Waals surface area contributed by atoms with Crippen LogP contribution in [0.2, 0.25) is 25.2 Å². The van der Waals surface area contributed by atoms with Gasteiger partial charge in [0.05, 0.1) is 29.6 Å². The molecule has 1 fully saturated rings. The lowest BCUT2D eigenvalue weighted by Gasteiger charge is -2.45. The molecule has 2 rings (SSSR count).